The molecule has 0 aliphatic carbocycles. The monoisotopic (exact) mass is 396 g/mol. The summed E-state index contributed by atoms with van der Waals surface area (Å²) in [6.45, 7) is 0. The molecule has 1 aromatic carbocycles. The van der Waals surface area contributed by atoms with Gasteiger partial charge in [0.05, 0.1) is 21.5 Å². The summed E-state index contributed by atoms with van der Waals surface area (Å²) >= 11 is 3.08. The molecule has 2 aromatic heterocycles. The Bertz CT molecular complexity index is 1110. The summed E-state index contributed by atoms with van der Waals surface area (Å²) in [4.78, 5) is 47.8. The number of nitrogens with one attached hydrogen (secondary N) is 1. The molecule has 7 nitrogen and oxygen atoms in total. The fourth-order valence-corrected chi connectivity index (χ4v) is 5.16. The maximum atomic E-state index is 13.0. The molecule has 5 rings (SSSR count). The number of aromatic nitrogens is 2. The number of amides is 3. The van der Waals surface area contributed by atoms with Gasteiger partial charge in [0.25, 0.3) is 5.91 Å². The van der Waals surface area contributed by atoms with E-state index in [9.17, 15) is 14.4 Å². The highest BCUT2D eigenvalue weighted by atomic mass is 32.2. The van der Waals surface area contributed by atoms with Crippen LogP contribution in [0.4, 0.5) is 5.82 Å². The van der Waals surface area contributed by atoms with Gasteiger partial charge in [0.15, 0.2) is 0 Å². The van der Waals surface area contributed by atoms with Gasteiger partial charge in [-0.2, -0.15) is 0 Å². The van der Waals surface area contributed by atoms with E-state index in [0.29, 0.717) is 17.8 Å². The molecule has 2 aliphatic rings. The predicted molar refractivity (Wildman–Crippen MR) is 101 cm³/mol. The van der Waals surface area contributed by atoms with E-state index in [1.54, 1.807) is 35.7 Å². The van der Waals surface area contributed by atoms with E-state index in [-0.39, 0.29) is 18.2 Å². The van der Waals surface area contributed by atoms with Crippen LogP contribution in [0.15, 0.2) is 45.2 Å². The van der Waals surface area contributed by atoms with Crippen LogP contribution in [0, 0.1) is 0 Å². The van der Waals surface area contributed by atoms with Crippen molar-refractivity contribution in [2.75, 3.05) is 4.90 Å². The molecule has 0 saturated carbocycles. The van der Waals surface area contributed by atoms with Crippen molar-refractivity contribution >= 4 is 57.4 Å². The van der Waals surface area contributed by atoms with Crippen molar-refractivity contribution in [3.63, 3.8) is 0 Å². The number of pyridine rings is 1. The summed E-state index contributed by atoms with van der Waals surface area (Å²) in [5.74, 6) is -0.536. The lowest BCUT2D eigenvalue weighted by Crippen LogP contribution is -2.53. The normalized spacial score (nSPS) is 19.0. The Kier molecular flexibility index (Phi) is 3.73. The van der Waals surface area contributed by atoms with Gasteiger partial charge < -0.3 is 0 Å². The summed E-state index contributed by atoms with van der Waals surface area (Å²) in [6.07, 6.45) is 4.02. The zero-order chi connectivity index (χ0) is 18.5. The van der Waals surface area contributed by atoms with Crippen LogP contribution in [0.1, 0.15) is 23.2 Å². The van der Waals surface area contributed by atoms with Crippen LogP contribution in [0.3, 0.4) is 0 Å². The van der Waals surface area contributed by atoms with Crippen molar-refractivity contribution in [2.24, 2.45) is 0 Å². The van der Waals surface area contributed by atoms with Crippen molar-refractivity contribution in [3.05, 3.63) is 41.7 Å². The first-order valence-corrected chi connectivity index (χ1v) is 9.98. The number of carbonyl (C=O) groups excluding carboxylic acids is 3. The number of carbonyl (C=O) groups is 3. The number of hydrogen-bond donors (Lipinski definition) is 1. The van der Waals surface area contributed by atoms with Crippen LogP contribution < -0.4 is 10.2 Å². The molecule has 1 unspecified atom stereocenters. The fraction of sp³-hybridized carbons (Fsp3) is 0.167. The molecule has 0 radical (unpaired) electrons. The Labute approximate surface area is 161 Å². The summed E-state index contributed by atoms with van der Waals surface area (Å²) in [5, 5.41) is 3.98. The highest BCUT2D eigenvalue weighted by Gasteiger charge is 2.41. The molecule has 0 spiro atoms. The zero-order valence-corrected chi connectivity index (χ0v) is 15.5. The minimum absolute atomic E-state index is 0.207. The number of hydrogen-bond acceptors (Lipinski definition) is 7. The minimum Gasteiger partial charge on any atom is -0.295 e. The largest absolute Gasteiger partial charge is 0.295 e. The molecule has 3 amide bonds. The second-order valence-electron chi connectivity index (χ2n) is 6.24. The number of nitrogens with zero attached hydrogens (tertiary/aromatic N) is 3. The van der Waals surface area contributed by atoms with E-state index >= 15 is 0 Å². The second-order valence-corrected chi connectivity index (χ2v) is 8.47. The van der Waals surface area contributed by atoms with Gasteiger partial charge in [-0.05, 0) is 12.5 Å². The molecule has 1 saturated heterocycles. The summed E-state index contributed by atoms with van der Waals surface area (Å²) < 4.78 is 1.03. The summed E-state index contributed by atoms with van der Waals surface area (Å²) in [5.41, 5.74) is 2.30. The first kappa shape index (κ1) is 16.4. The highest BCUT2D eigenvalue weighted by Crippen LogP contribution is 2.43. The molecule has 0 bridgehead atoms. The van der Waals surface area contributed by atoms with Gasteiger partial charge in [0, 0.05) is 28.3 Å². The SMILES string of the molecule is O=C1CCC(N2C(=O)c3cccc4c(Sc5cncs5)cnc2c34)C(=O)N1. The number of piperidine rings is 1. The zero-order valence-electron chi connectivity index (χ0n) is 13.8. The number of anilines is 1. The Morgan fingerprint density at radius 3 is 2.89 bits per heavy atom. The molecule has 4 heterocycles. The summed E-state index contributed by atoms with van der Waals surface area (Å²) in [7, 11) is 0. The molecule has 27 heavy (non-hydrogen) atoms. The van der Waals surface area contributed by atoms with Gasteiger partial charge in [-0.15, -0.1) is 11.3 Å². The second kappa shape index (κ2) is 6.14. The molecule has 134 valence electrons. The standard InChI is InChI=1S/C18H12N4O3S2/c23-13-5-4-11(17(24)21-13)22-16-15-9(2-1-3-10(15)18(22)25)12(6-20-16)27-14-7-19-8-26-14/h1-3,6-8,11H,4-5H2,(H,21,23,24). The molecule has 2 aliphatic heterocycles. The predicted octanol–water partition coefficient (Wildman–Crippen LogP) is 2.61. The summed E-state index contributed by atoms with van der Waals surface area (Å²) in [6, 6.07) is 4.82. The number of imide groups is 1. The van der Waals surface area contributed by atoms with Crippen molar-refractivity contribution < 1.29 is 14.4 Å². The van der Waals surface area contributed by atoms with Crippen LogP contribution in [0.5, 0.6) is 0 Å². The maximum absolute atomic E-state index is 13.0. The maximum Gasteiger partial charge on any atom is 0.260 e. The van der Waals surface area contributed by atoms with E-state index in [1.807, 2.05) is 12.1 Å². The molecule has 9 heteroatoms. The lowest BCUT2D eigenvalue weighted by molar-refractivity contribution is -0.134. The van der Waals surface area contributed by atoms with Gasteiger partial charge in [0.1, 0.15) is 11.9 Å². The molecular formula is C18H12N4O3S2. The average Bonchev–Trinajstić information content (AvgIpc) is 3.26. The van der Waals surface area contributed by atoms with Gasteiger partial charge in [-0.3, -0.25) is 29.6 Å². The lowest BCUT2D eigenvalue weighted by atomic mass is 10.0. The third-order valence-electron chi connectivity index (χ3n) is 4.68. The van der Waals surface area contributed by atoms with Crippen LogP contribution in [-0.2, 0) is 9.59 Å². The van der Waals surface area contributed by atoms with E-state index in [0.717, 1.165) is 19.9 Å². The van der Waals surface area contributed by atoms with Crippen molar-refractivity contribution in [3.8, 4) is 0 Å². The molecule has 1 N–H and O–H groups in total. The number of benzene rings is 1. The molecule has 1 fully saturated rings. The van der Waals surface area contributed by atoms with E-state index < -0.39 is 11.9 Å². The van der Waals surface area contributed by atoms with Crippen molar-refractivity contribution in [2.45, 2.75) is 28.0 Å². The van der Waals surface area contributed by atoms with Gasteiger partial charge in [-0.25, -0.2) is 4.98 Å². The van der Waals surface area contributed by atoms with E-state index in [2.05, 4.69) is 15.3 Å². The molecule has 1 atom stereocenters. The van der Waals surface area contributed by atoms with Crippen LogP contribution >= 0.6 is 23.1 Å². The third-order valence-corrected chi connectivity index (χ3v) is 6.63. The van der Waals surface area contributed by atoms with Crippen LogP contribution in [0.2, 0.25) is 0 Å². The number of thiazole rings is 1. The Hall–Kier alpha value is -2.78. The Balaban J connectivity index is 1.62. The lowest BCUT2D eigenvalue weighted by Gasteiger charge is -2.29. The quantitative estimate of drug-likeness (QED) is 0.684. The highest BCUT2D eigenvalue weighted by molar-refractivity contribution is 8.01. The van der Waals surface area contributed by atoms with Crippen molar-refractivity contribution in [1.82, 2.24) is 15.3 Å². The van der Waals surface area contributed by atoms with Gasteiger partial charge in [-0.1, -0.05) is 23.9 Å². The first-order valence-electron chi connectivity index (χ1n) is 8.29. The smallest absolute Gasteiger partial charge is 0.260 e. The van der Waals surface area contributed by atoms with Gasteiger partial charge >= 0.3 is 0 Å². The van der Waals surface area contributed by atoms with E-state index in [4.69, 9.17) is 0 Å². The van der Waals surface area contributed by atoms with Gasteiger partial charge in [0.2, 0.25) is 11.8 Å². The fourth-order valence-electron chi connectivity index (χ4n) is 3.50. The Morgan fingerprint density at radius 1 is 1.22 bits per heavy atom. The molecule has 3 aromatic rings. The number of rotatable bonds is 3. The van der Waals surface area contributed by atoms with Crippen molar-refractivity contribution in [1.29, 1.82) is 0 Å². The van der Waals surface area contributed by atoms with Crippen LogP contribution in [-0.4, -0.2) is 33.7 Å². The minimum atomic E-state index is -0.724. The Morgan fingerprint density at radius 2 is 2.11 bits per heavy atom. The topological polar surface area (TPSA) is 92.3 Å². The average molecular weight is 396 g/mol. The third kappa shape index (κ3) is 2.54. The van der Waals surface area contributed by atoms with E-state index in [1.165, 1.54) is 16.2 Å². The first-order chi connectivity index (χ1) is 13.1. The molecular weight excluding hydrogens is 384 g/mol. The van der Waals surface area contributed by atoms with Crippen LogP contribution in [0.25, 0.3) is 10.8 Å².